The van der Waals surface area contributed by atoms with E-state index < -0.39 is 0 Å². The third-order valence-corrected chi connectivity index (χ3v) is 4.90. The summed E-state index contributed by atoms with van der Waals surface area (Å²) >= 11 is 0. The maximum Gasteiger partial charge on any atom is 0.271 e. The zero-order chi connectivity index (χ0) is 19.1. The van der Waals surface area contributed by atoms with Crippen molar-refractivity contribution >= 4 is 22.7 Å². The molecule has 0 aliphatic carbocycles. The third kappa shape index (κ3) is 3.09. The van der Waals surface area contributed by atoms with Crippen molar-refractivity contribution in [3.63, 3.8) is 0 Å². The predicted octanol–water partition coefficient (Wildman–Crippen LogP) is 2.72. The number of rotatable bonds is 3. The van der Waals surface area contributed by atoms with E-state index in [-0.39, 0.29) is 23.9 Å². The summed E-state index contributed by atoms with van der Waals surface area (Å²) in [6.45, 7) is 6.97. The van der Waals surface area contributed by atoms with E-state index in [1.54, 1.807) is 11.1 Å². The Morgan fingerprint density at radius 2 is 2.04 bits per heavy atom. The van der Waals surface area contributed by atoms with Gasteiger partial charge in [0.2, 0.25) is 0 Å². The summed E-state index contributed by atoms with van der Waals surface area (Å²) in [7, 11) is 0. The highest BCUT2D eigenvalue weighted by atomic mass is 16.2. The number of carbonyl (C=O) groups excluding carboxylic acids is 2. The molecule has 140 valence electrons. The Morgan fingerprint density at radius 1 is 1.26 bits per heavy atom. The maximum atomic E-state index is 13.1. The molecule has 4 rings (SSSR count). The van der Waals surface area contributed by atoms with E-state index in [2.05, 4.69) is 15.3 Å². The van der Waals surface area contributed by atoms with Crippen molar-refractivity contribution in [2.24, 2.45) is 0 Å². The van der Waals surface area contributed by atoms with E-state index in [9.17, 15) is 9.59 Å². The standard InChI is InChI=1S/C20H23N5O2/c1-12(2)21-19(26)17-11-24-8-9-25(13(3)18(24)23-17)20(27)16-10-14-6-4-5-7-15(14)22-16/h4-7,10-13,22H,8-9H2,1-3H3,(H,21,26)/t13-/m1/s1. The Morgan fingerprint density at radius 3 is 2.78 bits per heavy atom. The van der Waals surface area contributed by atoms with Gasteiger partial charge in [-0.05, 0) is 32.9 Å². The Hall–Kier alpha value is -3.09. The Balaban J connectivity index is 1.59. The van der Waals surface area contributed by atoms with Gasteiger partial charge in [0, 0.05) is 36.2 Å². The Labute approximate surface area is 157 Å². The molecule has 0 saturated heterocycles. The summed E-state index contributed by atoms with van der Waals surface area (Å²) in [5.74, 6) is 0.494. The van der Waals surface area contributed by atoms with Gasteiger partial charge in [0.25, 0.3) is 11.8 Å². The number of imidazole rings is 1. The van der Waals surface area contributed by atoms with Gasteiger partial charge >= 0.3 is 0 Å². The van der Waals surface area contributed by atoms with Gasteiger partial charge in [-0.15, -0.1) is 0 Å². The Bertz CT molecular complexity index is 983. The van der Waals surface area contributed by atoms with Gasteiger partial charge in [-0.1, -0.05) is 18.2 Å². The highest BCUT2D eigenvalue weighted by Crippen LogP contribution is 2.27. The normalized spacial score (nSPS) is 16.6. The lowest BCUT2D eigenvalue weighted by molar-refractivity contribution is 0.0632. The minimum Gasteiger partial charge on any atom is -0.351 e. The van der Waals surface area contributed by atoms with Crippen molar-refractivity contribution in [1.82, 2.24) is 24.8 Å². The number of aromatic amines is 1. The molecule has 2 amide bonds. The van der Waals surface area contributed by atoms with Gasteiger partial charge in [-0.25, -0.2) is 4.98 Å². The summed E-state index contributed by atoms with van der Waals surface area (Å²) in [6.07, 6.45) is 1.77. The number of carbonyl (C=O) groups is 2. The topological polar surface area (TPSA) is 83.0 Å². The van der Waals surface area contributed by atoms with Gasteiger partial charge in [0.15, 0.2) is 0 Å². The van der Waals surface area contributed by atoms with Gasteiger partial charge in [0.1, 0.15) is 17.2 Å². The molecule has 0 spiro atoms. The zero-order valence-electron chi connectivity index (χ0n) is 15.7. The number of H-pyrrole nitrogens is 1. The van der Waals surface area contributed by atoms with E-state index in [0.717, 1.165) is 16.7 Å². The van der Waals surface area contributed by atoms with Crippen LogP contribution >= 0.6 is 0 Å². The number of nitrogens with one attached hydrogen (secondary N) is 2. The van der Waals surface area contributed by atoms with Crippen LogP contribution in [0.15, 0.2) is 36.5 Å². The van der Waals surface area contributed by atoms with E-state index >= 15 is 0 Å². The number of hydrogen-bond donors (Lipinski definition) is 2. The summed E-state index contributed by atoms with van der Waals surface area (Å²) in [5, 5.41) is 3.87. The number of aromatic nitrogens is 3. The lowest BCUT2D eigenvalue weighted by atomic mass is 10.2. The van der Waals surface area contributed by atoms with Gasteiger partial charge in [-0.2, -0.15) is 0 Å². The van der Waals surface area contributed by atoms with E-state index in [1.807, 2.05) is 55.7 Å². The predicted molar refractivity (Wildman–Crippen MR) is 103 cm³/mol. The van der Waals surface area contributed by atoms with Crippen LogP contribution in [0.25, 0.3) is 10.9 Å². The Kier molecular flexibility index (Phi) is 4.22. The van der Waals surface area contributed by atoms with Crippen LogP contribution in [-0.4, -0.2) is 43.8 Å². The molecule has 0 saturated carbocycles. The molecule has 2 N–H and O–H groups in total. The number of benzene rings is 1. The second kappa shape index (κ2) is 6.57. The smallest absolute Gasteiger partial charge is 0.271 e. The summed E-state index contributed by atoms with van der Waals surface area (Å²) in [6, 6.07) is 9.55. The molecule has 1 aromatic carbocycles. The van der Waals surface area contributed by atoms with Gasteiger partial charge in [-0.3, -0.25) is 9.59 Å². The molecule has 7 heteroatoms. The first kappa shape index (κ1) is 17.3. The quantitative estimate of drug-likeness (QED) is 0.749. The molecule has 0 fully saturated rings. The molecule has 3 heterocycles. The second-order valence-electron chi connectivity index (χ2n) is 7.25. The van der Waals surface area contributed by atoms with Crippen molar-refractivity contribution in [2.45, 2.75) is 39.4 Å². The van der Waals surface area contributed by atoms with Crippen molar-refractivity contribution in [1.29, 1.82) is 0 Å². The summed E-state index contributed by atoms with van der Waals surface area (Å²) in [5.41, 5.74) is 1.91. The minimum atomic E-state index is -0.210. The molecule has 0 bridgehead atoms. The van der Waals surface area contributed by atoms with Crippen molar-refractivity contribution in [3.8, 4) is 0 Å². The molecule has 7 nitrogen and oxygen atoms in total. The first-order valence-electron chi connectivity index (χ1n) is 9.20. The lowest BCUT2D eigenvalue weighted by Gasteiger charge is -2.33. The van der Waals surface area contributed by atoms with Crippen LogP contribution in [-0.2, 0) is 6.54 Å². The fraction of sp³-hybridized carbons (Fsp3) is 0.350. The highest BCUT2D eigenvalue weighted by Gasteiger charge is 2.31. The molecule has 1 atom stereocenters. The van der Waals surface area contributed by atoms with Crippen LogP contribution in [0.3, 0.4) is 0 Å². The molecular formula is C20H23N5O2. The van der Waals surface area contributed by atoms with Crippen LogP contribution in [0.1, 0.15) is 53.6 Å². The van der Waals surface area contributed by atoms with Crippen molar-refractivity contribution in [2.75, 3.05) is 6.54 Å². The first-order chi connectivity index (χ1) is 12.9. The molecule has 0 unspecified atom stereocenters. The highest BCUT2D eigenvalue weighted by molar-refractivity contribution is 5.98. The number of fused-ring (bicyclic) bond motifs is 2. The van der Waals surface area contributed by atoms with E-state index in [0.29, 0.717) is 24.5 Å². The van der Waals surface area contributed by atoms with Crippen LogP contribution in [0.5, 0.6) is 0 Å². The molecule has 3 aromatic rings. The van der Waals surface area contributed by atoms with Crippen molar-refractivity contribution < 1.29 is 9.59 Å². The van der Waals surface area contributed by atoms with E-state index in [4.69, 9.17) is 0 Å². The number of amides is 2. The van der Waals surface area contributed by atoms with Crippen molar-refractivity contribution in [3.05, 3.63) is 53.7 Å². The maximum absolute atomic E-state index is 13.1. The minimum absolute atomic E-state index is 0.0498. The number of nitrogens with zero attached hydrogens (tertiary/aromatic N) is 3. The lowest BCUT2D eigenvalue weighted by Crippen LogP contribution is -2.41. The largest absolute Gasteiger partial charge is 0.351 e. The van der Waals surface area contributed by atoms with E-state index in [1.165, 1.54) is 0 Å². The summed E-state index contributed by atoms with van der Waals surface area (Å²) < 4.78 is 1.97. The molecule has 0 radical (unpaired) electrons. The van der Waals surface area contributed by atoms with Crippen LogP contribution in [0.2, 0.25) is 0 Å². The van der Waals surface area contributed by atoms with Crippen LogP contribution in [0.4, 0.5) is 0 Å². The fourth-order valence-electron chi connectivity index (χ4n) is 3.56. The molecule has 1 aliphatic rings. The summed E-state index contributed by atoms with van der Waals surface area (Å²) in [4.78, 5) is 34.8. The fourth-order valence-corrected chi connectivity index (χ4v) is 3.56. The zero-order valence-corrected chi connectivity index (χ0v) is 15.7. The molecule has 2 aromatic heterocycles. The average molecular weight is 365 g/mol. The molecule has 1 aliphatic heterocycles. The molecule has 27 heavy (non-hydrogen) atoms. The first-order valence-corrected chi connectivity index (χ1v) is 9.20. The van der Waals surface area contributed by atoms with Crippen LogP contribution < -0.4 is 5.32 Å². The number of hydrogen-bond acceptors (Lipinski definition) is 3. The van der Waals surface area contributed by atoms with Gasteiger partial charge in [0.05, 0.1) is 6.04 Å². The SMILES string of the molecule is CC(C)NC(=O)c1cn2c(n1)[C@@H](C)N(C(=O)c1cc3ccccc3[nH]1)CC2. The number of para-hydroxylation sites is 1. The molecular weight excluding hydrogens is 342 g/mol. The van der Waals surface area contributed by atoms with Crippen LogP contribution in [0, 0.1) is 0 Å². The monoisotopic (exact) mass is 365 g/mol. The average Bonchev–Trinajstić information content (AvgIpc) is 3.25. The third-order valence-electron chi connectivity index (χ3n) is 4.90. The second-order valence-corrected chi connectivity index (χ2v) is 7.25. The van der Waals surface area contributed by atoms with Gasteiger partial charge < -0.3 is 19.8 Å².